The van der Waals surface area contributed by atoms with E-state index in [9.17, 15) is 9.18 Å². The molecular formula is C25H25FN4O. The zero-order valence-corrected chi connectivity index (χ0v) is 17.7. The molecule has 158 valence electrons. The van der Waals surface area contributed by atoms with E-state index in [1.807, 2.05) is 43.6 Å². The number of H-pyrrole nitrogens is 1. The van der Waals surface area contributed by atoms with Gasteiger partial charge in [0.1, 0.15) is 0 Å². The van der Waals surface area contributed by atoms with Crippen LogP contribution in [0.15, 0.2) is 59.7 Å². The lowest BCUT2D eigenvalue weighted by atomic mass is 9.99. The van der Waals surface area contributed by atoms with Crippen LogP contribution >= 0.6 is 0 Å². The number of hydrogen-bond donors (Lipinski definition) is 2. The minimum Gasteiger partial charge on any atom is -0.358 e. The fraction of sp³-hybridized carbons (Fsp3) is 0.280. The van der Waals surface area contributed by atoms with E-state index < -0.39 is 0 Å². The molecule has 0 spiro atoms. The Hall–Kier alpha value is -3.25. The third kappa shape index (κ3) is 3.37. The minimum absolute atomic E-state index is 0.0422. The number of pyridine rings is 2. The van der Waals surface area contributed by atoms with Crippen LogP contribution in [0.3, 0.4) is 0 Å². The van der Waals surface area contributed by atoms with Gasteiger partial charge in [0.2, 0.25) is 0 Å². The molecule has 2 unspecified atom stereocenters. The lowest BCUT2D eigenvalue weighted by molar-refractivity contribution is 0.513. The molecule has 0 radical (unpaired) electrons. The van der Waals surface area contributed by atoms with Crippen molar-refractivity contribution in [3.8, 4) is 16.8 Å². The molecule has 2 aliphatic rings. The summed E-state index contributed by atoms with van der Waals surface area (Å²) in [6.45, 7) is 1.96. The quantitative estimate of drug-likeness (QED) is 0.501. The van der Waals surface area contributed by atoms with Crippen molar-refractivity contribution >= 4 is 10.9 Å². The number of benzene rings is 1. The number of nitrogens with one attached hydrogen (secondary N) is 2. The largest absolute Gasteiger partial charge is 0.358 e. The molecule has 2 N–H and O–H groups in total. The molecule has 5 heterocycles. The number of fused-ring (bicyclic) bond motifs is 6. The average molecular weight is 417 g/mol. The molecule has 4 aromatic rings. The van der Waals surface area contributed by atoms with Crippen LogP contribution in [0.5, 0.6) is 0 Å². The van der Waals surface area contributed by atoms with Gasteiger partial charge in [0, 0.05) is 64.8 Å². The number of rotatable bonds is 2. The summed E-state index contributed by atoms with van der Waals surface area (Å²) in [5, 5.41) is 5.00. The second kappa shape index (κ2) is 7.78. The molecule has 2 atom stereocenters. The zero-order chi connectivity index (χ0) is 21.5. The molecule has 1 saturated heterocycles. The van der Waals surface area contributed by atoms with Crippen molar-refractivity contribution in [2.75, 3.05) is 7.18 Å². The first-order valence-electron chi connectivity index (χ1n) is 10.6. The van der Waals surface area contributed by atoms with Crippen molar-refractivity contribution in [1.82, 2.24) is 19.9 Å². The fourth-order valence-corrected chi connectivity index (χ4v) is 4.94. The summed E-state index contributed by atoms with van der Waals surface area (Å²) in [6.07, 6.45) is 7.19. The fourth-order valence-electron chi connectivity index (χ4n) is 4.94. The minimum atomic E-state index is -0.0422. The Bertz CT molecular complexity index is 1310. The van der Waals surface area contributed by atoms with Gasteiger partial charge in [0.15, 0.2) is 0 Å². The summed E-state index contributed by atoms with van der Waals surface area (Å²) < 4.78 is 11.2. The van der Waals surface area contributed by atoms with Gasteiger partial charge in [-0.05, 0) is 55.2 Å². The molecule has 1 aromatic carbocycles. The van der Waals surface area contributed by atoms with Gasteiger partial charge >= 0.3 is 0 Å². The number of aromatic amines is 1. The third-order valence-corrected chi connectivity index (χ3v) is 6.39. The predicted octanol–water partition coefficient (Wildman–Crippen LogP) is 4.62. The van der Waals surface area contributed by atoms with Gasteiger partial charge in [-0.3, -0.25) is 18.7 Å². The summed E-state index contributed by atoms with van der Waals surface area (Å²) in [6, 6.07) is 15.0. The standard InChI is InChI=1S/C24H22N4O.CH3F/c1-14-2-3-16(13-25-14)15-8-9-28(23(29)10-15)18-5-6-19-21(12-18)27-22-11-17-4-7-20(26-17)24(19)22;1-2/h2-3,5-6,8-10,12-13,17,20,26-27H,4,7,11H2,1H3;1H3. The summed E-state index contributed by atoms with van der Waals surface area (Å²) in [5.41, 5.74) is 7.54. The molecule has 3 aromatic heterocycles. The Labute approximate surface area is 180 Å². The van der Waals surface area contributed by atoms with Crippen LogP contribution in [0.2, 0.25) is 0 Å². The second-order valence-electron chi connectivity index (χ2n) is 8.26. The normalized spacial score (nSPS) is 19.1. The summed E-state index contributed by atoms with van der Waals surface area (Å²) in [5.74, 6) is 0. The van der Waals surface area contributed by atoms with Gasteiger partial charge in [0.05, 0.1) is 12.9 Å². The molecule has 5 nitrogen and oxygen atoms in total. The topological polar surface area (TPSA) is 62.7 Å². The lowest BCUT2D eigenvalue weighted by Gasteiger charge is -2.21. The summed E-state index contributed by atoms with van der Waals surface area (Å²) in [4.78, 5) is 20.8. The molecule has 31 heavy (non-hydrogen) atoms. The predicted molar refractivity (Wildman–Crippen MR) is 121 cm³/mol. The monoisotopic (exact) mass is 416 g/mol. The Morgan fingerprint density at radius 1 is 1.06 bits per heavy atom. The van der Waals surface area contributed by atoms with Gasteiger partial charge in [-0.1, -0.05) is 12.1 Å². The maximum absolute atomic E-state index is 12.8. The highest BCUT2D eigenvalue weighted by molar-refractivity contribution is 5.87. The first-order chi connectivity index (χ1) is 15.2. The number of aryl methyl sites for hydroxylation is 1. The van der Waals surface area contributed by atoms with Gasteiger partial charge in [-0.15, -0.1) is 0 Å². The van der Waals surface area contributed by atoms with Crippen LogP contribution < -0.4 is 10.9 Å². The van der Waals surface area contributed by atoms with Crippen molar-refractivity contribution in [2.24, 2.45) is 0 Å². The molecular weight excluding hydrogens is 391 g/mol. The van der Waals surface area contributed by atoms with E-state index in [2.05, 4.69) is 27.4 Å². The maximum Gasteiger partial charge on any atom is 0.255 e. The van der Waals surface area contributed by atoms with Crippen LogP contribution in [0, 0.1) is 6.92 Å². The lowest BCUT2D eigenvalue weighted by Crippen LogP contribution is -2.31. The van der Waals surface area contributed by atoms with Crippen LogP contribution in [0.1, 0.15) is 35.8 Å². The number of hydrogen-bond acceptors (Lipinski definition) is 3. The van der Waals surface area contributed by atoms with Crippen molar-refractivity contribution in [2.45, 2.75) is 38.3 Å². The Morgan fingerprint density at radius 3 is 2.71 bits per heavy atom. The molecule has 1 fully saturated rings. The first kappa shape index (κ1) is 19.7. The maximum atomic E-state index is 12.8. The van der Waals surface area contributed by atoms with Crippen molar-refractivity contribution in [1.29, 1.82) is 0 Å². The smallest absolute Gasteiger partial charge is 0.255 e. The molecule has 0 saturated carbocycles. The first-order valence-corrected chi connectivity index (χ1v) is 10.6. The third-order valence-electron chi connectivity index (χ3n) is 6.39. The summed E-state index contributed by atoms with van der Waals surface area (Å²) >= 11 is 0. The van der Waals surface area contributed by atoms with E-state index in [1.165, 1.54) is 29.5 Å². The van der Waals surface area contributed by atoms with E-state index in [1.54, 1.807) is 10.6 Å². The number of nitrogens with zero attached hydrogens (tertiary/aromatic N) is 2. The van der Waals surface area contributed by atoms with E-state index in [4.69, 9.17) is 0 Å². The summed E-state index contributed by atoms with van der Waals surface area (Å²) in [7, 11) is 0.500. The van der Waals surface area contributed by atoms with Crippen LogP contribution in [0.25, 0.3) is 27.7 Å². The van der Waals surface area contributed by atoms with E-state index in [0.29, 0.717) is 19.3 Å². The molecule has 0 aliphatic carbocycles. The van der Waals surface area contributed by atoms with Crippen molar-refractivity contribution in [3.05, 3.63) is 82.2 Å². The number of halogens is 1. The second-order valence-corrected chi connectivity index (χ2v) is 8.26. The van der Waals surface area contributed by atoms with Crippen molar-refractivity contribution < 1.29 is 4.39 Å². The SMILES string of the molecule is CF.Cc1ccc(-c2ccn(-c3ccc4c5c([nH]c4c3)CC3CCC5N3)c(=O)c2)cn1. The molecule has 2 bridgehead atoms. The Morgan fingerprint density at radius 2 is 1.94 bits per heavy atom. The number of aromatic nitrogens is 3. The molecule has 6 rings (SSSR count). The highest BCUT2D eigenvalue weighted by Gasteiger charge is 2.34. The highest BCUT2D eigenvalue weighted by atomic mass is 19.1. The number of alkyl halides is 1. The van der Waals surface area contributed by atoms with Crippen LogP contribution in [-0.4, -0.2) is 27.8 Å². The van der Waals surface area contributed by atoms with E-state index >= 15 is 0 Å². The molecule has 2 aliphatic heterocycles. The van der Waals surface area contributed by atoms with Gasteiger partial charge in [-0.25, -0.2) is 0 Å². The van der Waals surface area contributed by atoms with Gasteiger partial charge in [0.25, 0.3) is 5.56 Å². The van der Waals surface area contributed by atoms with E-state index in [0.717, 1.165) is 34.4 Å². The Kier molecular flexibility index (Phi) is 4.94. The van der Waals surface area contributed by atoms with Crippen LogP contribution in [-0.2, 0) is 6.42 Å². The zero-order valence-electron chi connectivity index (χ0n) is 17.7. The Balaban J connectivity index is 0.000000994. The van der Waals surface area contributed by atoms with Crippen LogP contribution in [0.4, 0.5) is 4.39 Å². The highest BCUT2D eigenvalue weighted by Crippen LogP contribution is 2.40. The van der Waals surface area contributed by atoms with E-state index in [-0.39, 0.29) is 5.56 Å². The molecule has 0 amide bonds. The van der Waals surface area contributed by atoms with Crippen molar-refractivity contribution in [3.63, 3.8) is 0 Å². The average Bonchev–Trinajstić information content (AvgIpc) is 3.36. The van der Waals surface area contributed by atoms with Gasteiger partial charge in [-0.2, -0.15) is 0 Å². The molecule has 6 heteroatoms. The van der Waals surface area contributed by atoms with Gasteiger partial charge < -0.3 is 10.3 Å².